The van der Waals surface area contributed by atoms with Gasteiger partial charge >= 0.3 is 5.97 Å². The molecule has 0 atom stereocenters. The second kappa shape index (κ2) is 11.1. The Balaban J connectivity index is 1.85. The van der Waals surface area contributed by atoms with Gasteiger partial charge in [-0.15, -0.1) is 0 Å². The fourth-order valence-corrected chi connectivity index (χ4v) is 4.63. The molecule has 0 aliphatic carbocycles. The van der Waals surface area contributed by atoms with Crippen molar-refractivity contribution in [2.75, 3.05) is 20.3 Å². The molecule has 0 unspecified atom stereocenters. The molecule has 1 heterocycles. The number of nitrogens with zero attached hydrogens (tertiary/aromatic N) is 1. The summed E-state index contributed by atoms with van der Waals surface area (Å²) >= 11 is 9.11. The molecule has 3 rings (SSSR count). The Kier molecular flexibility index (Phi) is 8.44. The minimum absolute atomic E-state index is 0.210. The van der Waals surface area contributed by atoms with Crippen LogP contribution in [0.4, 0.5) is 4.79 Å². The first-order chi connectivity index (χ1) is 15.3. The normalized spacial score (nSPS) is 14.8. The van der Waals surface area contributed by atoms with Crippen LogP contribution >= 0.6 is 46.0 Å². The first-order valence-corrected chi connectivity index (χ1v) is 11.8. The van der Waals surface area contributed by atoms with Crippen molar-refractivity contribution < 1.29 is 28.6 Å². The predicted molar refractivity (Wildman–Crippen MR) is 131 cm³/mol. The summed E-state index contributed by atoms with van der Waals surface area (Å²) in [5.41, 5.74) is 1.50. The second-order valence-corrected chi connectivity index (χ2v) is 9.05. The van der Waals surface area contributed by atoms with Crippen LogP contribution in [-0.2, 0) is 20.9 Å². The lowest BCUT2D eigenvalue weighted by Crippen LogP contribution is -2.34. The molecule has 0 aromatic heterocycles. The number of ether oxygens (including phenoxy) is 3. The average Bonchev–Trinajstić information content (AvgIpc) is 3.01. The van der Waals surface area contributed by atoms with Gasteiger partial charge < -0.3 is 14.2 Å². The highest BCUT2D eigenvalue weighted by molar-refractivity contribution is 14.1. The summed E-state index contributed by atoms with van der Waals surface area (Å²) in [5, 5.41) is 0.0887. The van der Waals surface area contributed by atoms with Gasteiger partial charge in [0.15, 0.2) is 11.5 Å². The van der Waals surface area contributed by atoms with Gasteiger partial charge in [0.1, 0.15) is 13.2 Å². The minimum atomic E-state index is -0.665. The zero-order chi connectivity index (χ0) is 23.3. The fraction of sp³-hybridized carbons (Fsp3) is 0.227. The van der Waals surface area contributed by atoms with E-state index in [4.69, 9.17) is 21.1 Å². The van der Waals surface area contributed by atoms with Crippen LogP contribution in [0.2, 0.25) is 5.02 Å². The highest BCUT2D eigenvalue weighted by atomic mass is 127. The molecular weight excluding hydrogens is 569 g/mol. The van der Waals surface area contributed by atoms with Crippen molar-refractivity contribution in [2.45, 2.75) is 13.5 Å². The molecule has 2 amide bonds. The van der Waals surface area contributed by atoms with Crippen LogP contribution < -0.4 is 9.47 Å². The third-order valence-corrected chi connectivity index (χ3v) is 6.43. The quantitative estimate of drug-likeness (QED) is 0.241. The van der Waals surface area contributed by atoms with Gasteiger partial charge in [-0.25, -0.2) is 0 Å². The van der Waals surface area contributed by atoms with Gasteiger partial charge in [-0.1, -0.05) is 29.8 Å². The summed E-state index contributed by atoms with van der Waals surface area (Å²) in [7, 11) is 1.20. The van der Waals surface area contributed by atoms with Crippen molar-refractivity contribution in [1.29, 1.82) is 0 Å². The maximum Gasteiger partial charge on any atom is 0.325 e. The SMILES string of the molecule is CCOc1cc(/C=C2/SC(=O)N(CC(=O)OC)C2=O)cc(I)c1OCc1ccccc1Cl. The molecule has 0 spiro atoms. The molecule has 1 fully saturated rings. The molecular formula is C22H19ClINO6S. The molecule has 32 heavy (non-hydrogen) atoms. The lowest BCUT2D eigenvalue weighted by atomic mass is 10.1. The molecule has 1 saturated heterocycles. The maximum absolute atomic E-state index is 12.6. The molecule has 2 aromatic carbocycles. The molecule has 2 aromatic rings. The molecule has 0 saturated carbocycles. The average molecular weight is 588 g/mol. The number of benzene rings is 2. The highest BCUT2D eigenvalue weighted by Gasteiger charge is 2.36. The van der Waals surface area contributed by atoms with Crippen molar-refractivity contribution in [3.05, 3.63) is 61.0 Å². The first-order valence-electron chi connectivity index (χ1n) is 9.48. The zero-order valence-electron chi connectivity index (χ0n) is 17.2. The van der Waals surface area contributed by atoms with Gasteiger partial charge in [0.2, 0.25) is 0 Å². The Morgan fingerprint density at radius 1 is 1.22 bits per heavy atom. The van der Waals surface area contributed by atoms with E-state index in [1.807, 2.05) is 31.2 Å². The second-order valence-electron chi connectivity index (χ2n) is 6.49. The van der Waals surface area contributed by atoms with Crippen LogP contribution in [0.1, 0.15) is 18.1 Å². The summed E-state index contributed by atoms with van der Waals surface area (Å²) in [6.07, 6.45) is 1.59. The summed E-state index contributed by atoms with van der Waals surface area (Å²) in [6, 6.07) is 11.0. The summed E-state index contributed by atoms with van der Waals surface area (Å²) in [5.74, 6) is -0.144. The fourth-order valence-electron chi connectivity index (χ4n) is 2.82. The van der Waals surface area contributed by atoms with Gasteiger partial charge in [0.25, 0.3) is 11.1 Å². The number of esters is 1. The molecule has 7 nitrogen and oxygen atoms in total. The monoisotopic (exact) mass is 587 g/mol. The van der Waals surface area contributed by atoms with E-state index in [9.17, 15) is 14.4 Å². The van der Waals surface area contributed by atoms with Crippen molar-refractivity contribution in [3.8, 4) is 11.5 Å². The van der Waals surface area contributed by atoms with Gasteiger partial charge in [0.05, 0.1) is 22.2 Å². The van der Waals surface area contributed by atoms with Crippen molar-refractivity contribution >= 4 is 69.1 Å². The van der Waals surface area contributed by atoms with Gasteiger partial charge in [-0.2, -0.15) is 0 Å². The van der Waals surface area contributed by atoms with Gasteiger partial charge in [-0.3, -0.25) is 19.3 Å². The lowest BCUT2D eigenvalue weighted by molar-refractivity contribution is -0.143. The van der Waals surface area contributed by atoms with Gasteiger partial charge in [-0.05, 0) is 71.1 Å². The van der Waals surface area contributed by atoms with E-state index in [1.165, 1.54) is 7.11 Å². The number of carbonyl (C=O) groups is 3. The molecule has 168 valence electrons. The largest absolute Gasteiger partial charge is 0.490 e. The Hall–Kier alpha value is -2.24. The zero-order valence-corrected chi connectivity index (χ0v) is 21.0. The first kappa shape index (κ1) is 24.4. The number of rotatable bonds is 8. The molecule has 0 bridgehead atoms. The number of carbonyl (C=O) groups excluding carboxylic acids is 3. The van der Waals surface area contributed by atoms with Crippen LogP contribution in [0, 0.1) is 3.57 Å². The smallest absolute Gasteiger partial charge is 0.325 e. The third kappa shape index (κ3) is 5.76. The number of imide groups is 1. The molecule has 1 aliphatic heterocycles. The molecule has 0 N–H and O–H groups in total. The van der Waals surface area contributed by atoms with E-state index in [0.717, 1.165) is 25.8 Å². The number of amides is 2. The summed E-state index contributed by atoms with van der Waals surface area (Å²) < 4.78 is 17.1. The van der Waals surface area contributed by atoms with E-state index in [0.29, 0.717) is 28.7 Å². The summed E-state index contributed by atoms with van der Waals surface area (Å²) in [4.78, 5) is 37.2. The van der Waals surface area contributed by atoms with Crippen LogP contribution in [-0.4, -0.2) is 42.3 Å². The molecule has 10 heteroatoms. The van der Waals surface area contributed by atoms with E-state index in [-0.39, 0.29) is 11.5 Å². The number of halogens is 2. The van der Waals surface area contributed by atoms with Crippen LogP contribution in [0.5, 0.6) is 11.5 Å². The number of thioether (sulfide) groups is 1. The number of methoxy groups -OCH3 is 1. The number of hydrogen-bond donors (Lipinski definition) is 0. The highest BCUT2D eigenvalue weighted by Crippen LogP contribution is 2.38. The molecule has 1 aliphatic rings. The van der Waals surface area contributed by atoms with E-state index in [1.54, 1.807) is 18.2 Å². The molecule has 0 radical (unpaired) electrons. The van der Waals surface area contributed by atoms with E-state index >= 15 is 0 Å². The minimum Gasteiger partial charge on any atom is -0.490 e. The predicted octanol–water partition coefficient (Wildman–Crippen LogP) is 5.13. The maximum atomic E-state index is 12.6. The Bertz CT molecular complexity index is 1090. The van der Waals surface area contributed by atoms with Crippen molar-refractivity contribution in [1.82, 2.24) is 4.90 Å². The third-order valence-electron chi connectivity index (χ3n) is 4.35. The van der Waals surface area contributed by atoms with E-state index in [2.05, 4.69) is 27.3 Å². The van der Waals surface area contributed by atoms with E-state index < -0.39 is 23.7 Å². The lowest BCUT2D eigenvalue weighted by Gasteiger charge is -2.15. The standard InChI is InChI=1S/C22H19ClINO6S/c1-3-30-17-9-13(10-18-21(27)25(22(28)32-18)11-19(26)29-2)8-16(24)20(17)31-12-14-6-4-5-7-15(14)23/h4-10H,3,11-12H2,1-2H3/b18-10+. The van der Waals surface area contributed by atoms with Crippen molar-refractivity contribution in [2.24, 2.45) is 0 Å². The Morgan fingerprint density at radius 2 is 1.97 bits per heavy atom. The van der Waals surface area contributed by atoms with Crippen LogP contribution in [0.15, 0.2) is 41.3 Å². The van der Waals surface area contributed by atoms with Crippen LogP contribution in [0.25, 0.3) is 6.08 Å². The Morgan fingerprint density at radius 3 is 2.66 bits per heavy atom. The number of hydrogen-bond acceptors (Lipinski definition) is 7. The Labute approximate surface area is 208 Å². The topological polar surface area (TPSA) is 82.1 Å². The van der Waals surface area contributed by atoms with Crippen molar-refractivity contribution in [3.63, 3.8) is 0 Å². The van der Waals surface area contributed by atoms with Crippen LogP contribution in [0.3, 0.4) is 0 Å². The van der Waals surface area contributed by atoms with Gasteiger partial charge in [0, 0.05) is 10.6 Å². The summed E-state index contributed by atoms with van der Waals surface area (Å²) in [6.45, 7) is 2.11.